The average molecular weight is 924 g/mol. The van der Waals surface area contributed by atoms with Gasteiger partial charge in [-0.05, 0) is 69.5 Å². The molecule has 8 N–H and O–H groups in total. The summed E-state index contributed by atoms with van der Waals surface area (Å²) in [5.74, 6) is -2.21. The first-order valence-corrected chi connectivity index (χ1v) is 22.8. The maximum Gasteiger partial charge on any atom is 0.246 e. The molecule has 3 heterocycles. The number of piperidine rings is 1. The molecule has 0 spiro atoms. The van der Waals surface area contributed by atoms with Gasteiger partial charge in [0.05, 0.1) is 25.0 Å². The molecular weight excluding hydrogens is 867 g/mol. The molecule has 1 saturated heterocycles. The van der Waals surface area contributed by atoms with E-state index in [0.29, 0.717) is 55.9 Å². The Bertz CT molecular complexity index is 2540. The van der Waals surface area contributed by atoms with Gasteiger partial charge in [-0.3, -0.25) is 28.8 Å². The number of ether oxygens (including phenoxy) is 1. The molecule has 6 amide bonds. The summed E-state index contributed by atoms with van der Waals surface area (Å²) >= 11 is 0. The number of fused-ring (bicyclic) bond motifs is 3. The maximum absolute atomic E-state index is 15.0. The highest BCUT2D eigenvalue weighted by Gasteiger charge is 2.44. The molecule has 0 unspecified atom stereocenters. The second-order valence-electron chi connectivity index (χ2n) is 16.9. The second-order valence-corrected chi connectivity index (χ2v) is 16.9. The van der Waals surface area contributed by atoms with Gasteiger partial charge >= 0.3 is 0 Å². The van der Waals surface area contributed by atoms with Crippen LogP contribution in [0.1, 0.15) is 41.5 Å². The molecule has 354 valence electrons. The number of carbonyl (C=O) groups is 6. The fourth-order valence-corrected chi connectivity index (χ4v) is 8.51. The van der Waals surface area contributed by atoms with Crippen molar-refractivity contribution < 1.29 is 33.5 Å². The number of H-pyrrole nitrogens is 1. The van der Waals surface area contributed by atoms with E-state index in [9.17, 15) is 28.8 Å². The largest absolute Gasteiger partial charge is 0.378 e. The lowest BCUT2D eigenvalue weighted by Gasteiger charge is -2.42. The smallest absolute Gasteiger partial charge is 0.246 e. The van der Waals surface area contributed by atoms with E-state index in [4.69, 9.17) is 10.5 Å². The summed E-state index contributed by atoms with van der Waals surface area (Å²) in [6, 6.07) is 30.2. The molecule has 2 bridgehead atoms. The third-order valence-electron chi connectivity index (χ3n) is 12.1. The van der Waals surface area contributed by atoms with Crippen molar-refractivity contribution in [1.82, 2.24) is 52.1 Å². The fourth-order valence-electron chi connectivity index (χ4n) is 8.51. The summed E-state index contributed by atoms with van der Waals surface area (Å²) in [5.41, 5.74) is 10.1. The highest BCUT2D eigenvalue weighted by molar-refractivity contribution is 5.97. The molecule has 0 aliphatic carbocycles. The number of carbonyl (C=O) groups excluding carboxylic acids is 6. The normalized spacial score (nSPS) is 20.3. The topological polar surface area (TPSA) is 256 Å². The zero-order valence-electron chi connectivity index (χ0n) is 37.7. The molecule has 5 aromatic rings. The number of tetrazole rings is 1. The van der Waals surface area contributed by atoms with E-state index >= 15 is 0 Å². The predicted molar refractivity (Wildman–Crippen MR) is 253 cm³/mol. The minimum atomic E-state index is -1.12. The van der Waals surface area contributed by atoms with Crippen molar-refractivity contribution in [3.63, 3.8) is 0 Å². The Balaban J connectivity index is 1.17. The lowest BCUT2D eigenvalue weighted by atomic mass is 9.74. The minimum Gasteiger partial charge on any atom is -0.378 e. The molecule has 1 fully saturated rings. The molecule has 0 radical (unpaired) electrons. The van der Waals surface area contributed by atoms with Crippen LogP contribution in [0.25, 0.3) is 22.5 Å². The van der Waals surface area contributed by atoms with E-state index in [-0.39, 0.29) is 58.0 Å². The highest BCUT2D eigenvalue weighted by Crippen LogP contribution is 2.35. The van der Waals surface area contributed by atoms with Crippen LogP contribution < -0.4 is 32.3 Å². The number of amides is 6. The molecule has 1 aromatic heterocycles. The number of aromatic nitrogens is 4. The number of hydrogen-bond donors (Lipinski definition) is 7. The van der Waals surface area contributed by atoms with Gasteiger partial charge in [-0.15, -0.1) is 5.10 Å². The summed E-state index contributed by atoms with van der Waals surface area (Å²) in [4.78, 5) is 84.7. The summed E-state index contributed by atoms with van der Waals surface area (Å²) < 4.78 is 5.37. The van der Waals surface area contributed by atoms with E-state index in [0.717, 1.165) is 33.9 Å². The summed E-state index contributed by atoms with van der Waals surface area (Å²) in [6.07, 6.45) is 3.63. The molecule has 2 aliphatic heterocycles. The van der Waals surface area contributed by atoms with Crippen molar-refractivity contribution in [2.24, 2.45) is 11.1 Å². The lowest BCUT2D eigenvalue weighted by Crippen LogP contribution is -2.58. The van der Waals surface area contributed by atoms with Crippen LogP contribution in [-0.4, -0.2) is 119 Å². The van der Waals surface area contributed by atoms with Crippen molar-refractivity contribution in [1.29, 1.82) is 0 Å². The number of nitrogens with zero attached hydrogens (tertiary/aromatic N) is 4. The molecule has 4 aromatic carbocycles. The van der Waals surface area contributed by atoms with Gasteiger partial charge in [-0.1, -0.05) is 103 Å². The van der Waals surface area contributed by atoms with Crippen LogP contribution >= 0.6 is 0 Å². The van der Waals surface area contributed by atoms with Crippen LogP contribution in [0.5, 0.6) is 0 Å². The van der Waals surface area contributed by atoms with Crippen molar-refractivity contribution in [2.75, 3.05) is 45.9 Å². The lowest BCUT2D eigenvalue weighted by molar-refractivity contribution is -0.141. The second kappa shape index (κ2) is 23.7. The highest BCUT2D eigenvalue weighted by atomic mass is 16.5. The fraction of sp³-hybridized carbons (Fsp3) is 0.340. The molecule has 3 atom stereocenters. The van der Waals surface area contributed by atoms with Crippen LogP contribution in [0, 0.1) is 5.41 Å². The van der Waals surface area contributed by atoms with E-state index < -0.39 is 47.0 Å². The van der Waals surface area contributed by atoms with Crippen LogP contribution in [0.15, 0.2) is 115 Å². The third kappa shape index (κ3) is 13.3. The van der Waals surface area contributed by atoms with Gasteiger partial charge in [-0.2, -0.15) is 0 Å². The van der Waals surface area contributed by atoms with Crippen LogP contribution in [-0.2, 0) is 59.3 Å². The Morgan fingerprint density at radius 3 is 2.26 bits per heavy atom. The number of nitrogens with one attached hydrogen (secondary N) is 6. The SMILES string of the molecule is NCCOCCNC(=O)[C@@H]1CCNC(=O)/C=C/C(=O)N2CCC[C@](Cc3ccccc3)(C2)C(=O)N[C@@H](Cc2ccc(-c3ccc(-c4nnn[nH]4)cc3)cc2)C(=O)NCc2ccccc2CC(=O)N1. The summed E-state index contributed by atoms with van der Waals surface area (Å²) in [6.45, 7) is 1.52. The zero-order chi connectivity index (χ0) is 47.7. The number of rotatable bonds is 12. The van der Waals surface area contributed by atoms with Crippen molar-refractivity contribution in [3.05, 3.63) is 138 Å². The molecule has 0 saturated carbocycles. The standard InChI is InChI=1S/C50H57N11O7/c51-23-27-68-28-25-53-47(65)41-21-24-52-43(62)19-20-45(64)61-26-6-22-50(33-61,31-35-7-2-1-3-8-35)49(67)56-42(48(66)54-32-40-10-5-4-9-39(40)30-44(63)55-41)29-34-11-13-36(14-12-34)37-15-17-38(18-16-37)46-57-59-60-58-46/h1-5,7-20,41-42H,6,21-33,51H2,(H,52,62)(H,53,65)(H,54,66)(H,55,63)(H,56,67)(H,57,58,59,60)/b20-19+/t41-,42-,50-/m0/s1. The van der Waals surface area contributed by atoms with Gasteiger partial charge in [0, 0.05) is 63.4 Å². The van der Waals surface area contributed by atoms with Crippen LogP contribution in [0.2, 0.25) is 0 Å². The van der Waals surface area contributed by atoms with Gasteiger partial charge in [0.2, 0.25) is 35.4 Å². The Hall–Kier alpha value is -7.57. The van der Waals surface area contributed by atoms with E-state index in [1.807, 2.05) is 78.9 Å². The number of hydrogen-bond acceptors (Lipinski definition) is 11. The number of aromatic amines is 1. The van der Waals surface area contributed by atoms with Gasteiger partial charge in [-0.25, -0.2) is 5.10 Å². The number of nitrogens with two attached hydrogens (primary N) is 1. The molecule has 2 aliphatic rings. The Kier molecular flexibility index (Phi) is 16.9. The maximum atomic E-state index is 15.0. The molecule has 18 nitrogen and oxygen atoms in total. The predicted octanol–water partition coefficient (Wildman–Crippen LogP) is 1.92. The van der Waals surface area contributed by atoms with Gasteiger partial charge in [0.15, 0.2) is 5.82 Å². The first-order valence-electron chi connectivity index (χ1n) is 22.8. The zero-order valence-corrected chi connectivity index (χ0v) is 37.7. The molecular formula is C50H57N11O7. The van der Waals surface area contributed by atoms with Crippen LogP contribution in [0.3, 0.4) is 0 Å². The monoisotopic (exact) mass is 923 g/mol. The molecule has 18 heteroatoms. The summed E-state index contributed by atoms with van der Waals surface area (Å²) in [7, 11) is 0. The van der Waals surface area contributed by atoms with Gasteiger partial charge in [0.1, 0.15) is 12.1 Å². The van der Waals surface area contributed by atoms with E-state index in [1.54, 1.807) is 29.2 Å². The Morgan fingerprint density at radius 1 is 0.809 bits per heavy atom. The van der Waals surface area contributed by atoms with Crippen LogP contribution in [0.4, 0.5) is 0 Å². The van der Waals surface area contributed by atoms with Gasteiger partial charge in [0.25, 0.3) is 0 Å². The van der Waals surface area contributed by atoms with Crippen molar-refractivity contribution >= 4 is 35.4 Å². The van der Waals surface area contributed by atoms with E-state index in [2.05, 4.69) is 47.2 Å². The van der Waals surface area contributed by atoms with Crippen molar-refractivity contribution in [2.45, 2.75) is 57.2 Å². The van der Waals surface area contributed by atoms with Crippen molar-refractivity contribution in [3.8, 4) is 22.5 Å². The first kappa shape index (κ1) is 48.4. The summed E-state index contributed by atoms with van der Waals surface area (Å²) in [5, 5.41) is 28.5. The molecule has 7 rings (SSSR count). The quantitative estimate of drug-likeness (QED) is 0.0891. The first-order chi connectivity index (χ1) is 33.1. The Labute approximate surface area is 394 Å². The number of benzene rings is 4. The van der Waals surface area contributed by atoms with Gasteiger partial charge < -0.3 is 42.0 Å². The van der Waals surface area contributed by atoms with E-state index in [1.165, 1.54) is 6.08 Å². The average Bonchev–Trinajstić information content (AvgIpc) is 3.91. The molecule has 68 heavy (non-hydrogen) atoms. The Morgan fingerprint density at radius 2 is 1.53 bits per heavy atom. The third-order valence-corrected chi connectivity index (χ3v) is 12.1. The minimum absolute atomic E-state index is 0.00876.